The lowest BCUT2D eigenvalue weighted by Gasteiger charge is -2.25. The van der Waals surface area contributed by atoms with E-state index in [1.807, 2.05) is 60.7 Å². The Morgan fingerprint density at radius 2 is 0.947 bits per heavy atom. The molecule has 0 bridgehead atoms. The molecule has 0 aromatic heterocycles. The number of hydrogen-bond acceptors (Lipinski definition) is 6. The van der Waals surface area contributed by atoms with Crippen LogP contribution in [0, 0.1) is 11.8 Å². The molecule has 38 heavy (non-hydrogen) atoms. The highest BCUT2D eigenvalue weighted by molar-refractivity contribution is 5.67. The van der Waals surface area contributed by atoms with Gasteiger partial charge in [0.1, 0.15) is 13.2 Å². The van der Waals surface area contributed by atoms with E-state index in [9.17, 15) is 9.59 Å². The van der Waals surface area contributed by atoms with E-state index in [1.165, 1.54) is 0 Å². The fourth-order valence-corrected chi connectivity index (χ4v) is 4.79. The van der Waals surface area contributed by atoms with E-state index in [4.69, 9.17) is 20.9 Å². The van der Waals surface area contributed by atoms with Crippen molar-refractivity contribution in [1.82, 2.24) is 10.6 Å². The first-order chi connectivity index (χ1) is 18.5. The Morgan fingerprint density at radius 1 is 0.605 bits per heavy atom. The van der Waals surface area contributed by atoms with Crippen molar-refractivity contribution >= 4 is 12.2 Å². The van der Waals surface area contributed by atoms with Gasteiger partial charge in [0, 0.05) is 25.2 Å². The summed E-state index contributed by atoms with van der Waals surface area (Å²) in [6.45, 7) is 2.03. The minimum Gasteiger partial charge on any atom is -0.445 e. The Bertz CT molecular complexity index is 850. The highest BCUT2D eigenvalue weighted by atomic mass is 16.6. The van der Waals surface area contributed by atoms with Gasteiger partial charge in [0.15, 0.2) is 0 Å². The van der Waals surface area contributed by atoms with Crippen molar-refractivity contribution < 1.29 is 19.1 Å². The molecule has 0 heterocycles. The Balaban J connectivity index is 0.000000211. The monoisotopic (exact) mass is 524 g/mol. The lowest BCUT2D eigenvalue weighted by atomic mass is 9.86. The summed E-state index contributed by atoms with van der Waals surface area (Å²) in [6.07, 6.45) is 7.96. The summed E-state index contributed by atoms with van der Waals surface area (Å²) >= 11 is 0. The molecule has 0 saturated heterocycles. The Kier molecular flexibility index (Phi) is 12.9. The number of carbonyl (C=O) groups excluding carboxylic acids is 2. The van der Waals surface area contributed by atoms with Crippen LogP contribution in [0.1, 0.15) is 62.5 Å². The predicted molar refractivity (Wildman–Crippen MR) is 149 cm³/mol. The van der Waals surface area contributed by atoms with Gasteiger partial charge in [-0.1, -0.05) is 60.7 Å². The van der Waals surface area contributed by atoms with Gasteiger partial charge in [0.2, 0.25) is 0 Å². The lowest BCUT2D eigenvalue weighted by molar-refractivity contribution is 0.136. The first-order valence-corrected chi connectivity index (χ1v) is 13.9. The third-order valence-electron chi connectivity index (χ3n) is 7.28. The minimum atomic E-state index is -0.335. The van der Waals surface area contributed by atoms with Crippen molar-refractivity contribution in [1.29, 1.82) is 0 Å². The van der Waals surface area contributed by atoms with Crippen LogP contribution >= 0.6 is 0 Å². The van der Waals surface area contributed by atoms with Gasteiger partial charge in [-0.15, -0.1) is 0 Å². The summed E-state index contributed by atoms with van der Waals surface area (Å²) in [4.78, 5) is 23.1. The quantitative estimate of drug-likeness (QED) is 0.390. The number of alkyl carbamates (subject to hydrolysis) is 2. The molecule has 2 aliphatic rings. The van der Waals surface area contributed by atoms with Crippen LogP contribution < -0.4 is 22.1 Å². The Hall–Kier alpha value is -3.10. The smallest absolute Gasteiger partial charge is 0.407 e. The van der Waals surface area contributed by atoms with E-state index in [0.717, 1.165) is 62.5 Å². The summed E-state index contributed by atoms with van der Waals surface area (Å²) < 4.78 is 10.3. The summed E-state index contributed by atoms with van der Waals surface area (Å²) in [6, 6.07) is 20.1. The average molecular weight is 525 g/mol. The number of nitrogens with one attached hydrogen (secondary N) is 2. The molecule has 2 aromatic rings. The van der Waals surface area contributed by atoms with Crippen LogP contribution in [0.2, 0.25) is 0 Å². The van der Waals surface area contributed by atoms with Crippen molar-refractivity contribution in [2.45, 2.75) is 76.7 Å². The molecule has 0 unspecified atom stereocenters. The molecular weight excluding hydrogens is 480 g/mol. The number of amides is 2. The maximum absolute atomic E-state index is 11.6. The largest absolute Gasteiger partial charge is 0.445 e. The second kappa shape index (κ2) is 16.7. The van der Waals surface area contributed by atoms with Crippen molar-refractivity contribution in [3.8, 4) is 0 Å². The second-order valence-corrected chi connectivity index (χ2v) is 10.4. The van der Waals surface area contributed by atoms with Crippen LogP contribution in [-0.2, 0) is 22.7 Å². The normalized spacial score (nSPS) is 22.8. The summed E-state index contributed by atoms with van der Waals surface area (Å²) in [7, 11) is 0. The van der Waals surface area contributed by atoms with E-state index in [-0.39, 0.29) is 12.2 Å². The van der Waals surface area contributed by atoms with Crippen LogP contribution in [0.5, 0.6) is 0 Å². The average Bonchev–Trinajstić information content (AvgIpc) is 2.96. The highest BCUT2D eigenvalue weighted by Gasteiger charge is 2.20. The summed E-state index contributed by atoms with van der Waals surface area (Å²) in [5.74, 6) is 1.09. The van der Waals surface area contributed by atoms with Crippen molar-refractivity contribution in [3.05, 3.63) is 71.8 Å². The van der Waals surface area contributed by atoms with Crippen LogP contribution in [0.15, 0.2) is 60.7 Å². The molecule has 2 amide bonds. The van der Waals surface area contributed by atoms with Gasteiger partial charge in [-0.05, 0) is 74.3 Å². The van der Waals surface area contributed by atoms with Crippen molar-refractivity contribution in [3.63, 3.8) is 0 Å². The fourth-order valence-electron chi connectivity index (χ4n) is 4.79. The third-order valence-corrected chi connectivity index (χ3v) is 7.28. The Labute approximate surface area is 226 Å². The molecule has 8 nitrogen and oxygen atoms in total. The molecule has 2 saturated carbocycles. The van der Waals surface area contributed by atoms with Crippen LogP contribution in [0.3, 0.4) is 0 Å². The SMILES string of the molecule is NC1CCC(CNC(=O)OCc2ccccc2)CC1.NC1CCC(CNC(=O)OCc2ccccc2)CC1. The van der Waals surface area contributed by atoms with Crippen LogP contribution in [-0.4, -0.2) is 37.4 Å². The summed E-state index contributed by atoms with van der Waals surface area (Å²) in [5, 5.41) is 5.67. The van der Waals surface area contributed by atoms with Crippen molar-refractivity contribution in [2.24, 2.45) is 23.3 Å². The minimum absolute atomic E-state index is 0.322. The van der Waals surface area contributed by atoms with E-state index < -0.39 is 0 Å². The molecule has 0 aliphatic heterocycles. The number of ether oxygens (including phenoxy) is 2. The third kappa shape index (κ3) is 12.0. The van der Waals surface area contributed by atoms with Gasteiger partial charge in [-0.2, -0.15) is 0 Å². The molecule has 4 rings (SSSR count). The first kappa shape index (κ1) is 29.5. The predicted octanol–water partition coefficient (Wildman–Crippen LogP) is 4.86. The molecule has 6 N–H and O–H groups in total. The van der Waals surface area contributed by atoms with Gasteiger partial charge in [0.25, 0.3) is 0 Å². The van der Waals surface area contributed by atoms with E-state index in [0.29, 0.717) is 50.2 Å². The molecule has 2 aliphatic carbocycles. The van der Waals surface area contributed by atoms with E-state index in [2.05, 4.69) is 10.6 Å². The number of benzene rings is 2. The van der Waals surface area contributed by atoms with Crippen LogP contribution in [0.4, 0.5) is 9.59 Å². The van der Waals surface area contributed by atoms with Gasteiger partial charge in [0.05, 0.1) is 0 Å². The molecule has 0 radical (unpaired) electrons. The first-order valence-electron chi connectivity index (χ1n) is 13.9. The van der Waals surface area contributed by atoms with Gasteiger partial charge in [-0.3, -0.25) is 0 Å². The topological polar surface area (TPSA) is 129 Å². The van der Waals surface area contributed by atoms with Gasteiger partial charge >= 0.3 is 12.2 Å². The molecular formula is C30H44N4O4. The molecule has 208 valence electrons. The number of rotatable bonds is 8. The zero-order valence-corrected chi connectivity index (χ0v) is 22.4. The van der Waals surface area contributed by atoms with E-state index >= 15 is 0 Å². The number of carbonyl (C=O) groups is 2. The second-order valence-electron chi connectivity index (χ2n) is 10.4. The molecule has 0 spiro atoms. The van der Waals surface area contributed by atoms with Crippen LogP contribution in [0.25, 0.3) is 0 Å². The van der Waals surface area contributed by atoms with Gasteiger partial charge < -0.3 is 31.6 Å². The van der Waals surface area contributed by atoms with Crippen molar-refractivity contribution in [2.75, 3.05) is 13.1 Å². The summed E-state index contributed by atoms with van der Waals surface area (Å²) in [5.41, 5.74) is 13.7. The number of nitrogens with two attached hydrogens (primary N) is 2. The zero-order chi connectivity index (χ0) is 27.0. The lowest BCUT2D eigenvalue weighted by Crippen LogP contribution is -2.34. The fraction of sp³-hybridized carbons (Fsp3) is 0.533. The van der Waals surface area contributed by atoms with Gasteiger partial charge in [-0.25, -0.2) is 9.59 Å². The standard InChI is InChI=1S/2C15H22N2O2/c2*16-14-8-6-12(7-9-14)10-17-15(18)19-11-13-4-2-1-3-5-13/h2*1-5,12,14H,6-11,16H2,(H,17,18). The maximum Gasteiger partial charge on any atom is 0.407 e. The maximum atomic E-state index is 11.6. The zero-order valence-electron chi connectivity index (χ0n) is 22.4. The molecule has 8 heteroatoms. The van der Waals surface area contributed by atoms with E-state index in [1.54, 1.807) is 0 Å². The molecule has 2 aromatic carbocycles. The Morgan fingerprint density at radius 3 is 1.29 bits per heavy atom. The number of hydrogen-bond donors (Lipinski definition) is 4. The molecule has 2 fully saturated rings. The molecule has 0 atom stereocenters. The highest BCUT2D eigenvalue weighted by Crippen LogP contribution is 2.23.